The first-order valence-corrected chi connectivity index (χ1v) is 23.4. The van der Waals surface area contributed by atoms with Crippen molar-refractivity contribution in [2.45, 2.75) is 257 Å². The number of hydrogen-bond donors (Lipinski definition) is 4. The van der Waals surface area contributed by atoms with E-state index in [1.165, 1.54) is 167 Å². The Morgan fingerprint density at radius 1 is 0.460 bits per heavy atom. The van der Waals surface area contributed by atoms with Crippen molar-refractivity contribution in [1.82, 2.24) is 5.32 Å². The van der Waals surface area contributed by atoms with E-state index in [0.717, 1.165) is 44.9 Å². The Balaban J connectivity index is 3.87. The average Bonchev–Trinajstić information content (AvgIpc) is 3.08. The summed E-state index contributed by atoms with van der Waals surface area (Å²) < 4.78 is 32.6. The number of amides is 1. The molecule has 4 N–H and O–H groups in total. The molecular weight excluding hydrogens is 647 g/mol. The summed E-state index contributed by atoms with van der Waals surface area (Å²) in [5, 5.41) is 23.5. The third kappa shape index (κ3) is 35.7. The van der Waals surface area contributed by atoms with E-state index in [9.17, 15) is 28.0 Å². The maximum absolute atomic E-state index is 12.6. The SMILES string of the molecule is CCCCCCCCCCCCCCCCCCCCCCCC(O)C(CS(=O)(=O)O)NC(=O)C(O)CCCCCCCCCCCCCC. The molecule has 0 heterocycles. The molecule has 7 nitrogen and oxygen atoms in total. The second kappa shape index (κ2) is 36.6. The maximum Gasteiger partial charge on any atom is 0.266 e. The minimum atomic E-state index is -4.40. The van der Waals surface area contributed by atoms with Gasteiger partial charge in [0.2, 0.25) is 5.91 Å². The van der Waals surface area contributed by atoms with Gasteiger partial charge in [-0.3, -0.25) is 9.35 Å². The number of carbonyl (C=O) groups excluding carboxylic acids is 1. The summed E-state index contributed by atoms with van der Waals surface area (Å²) in [6.07, 6.45) is 39.8. The van der Waals surface area contributed by atoms with Crippen molar-refractivity contribution in [1.29, 1.82) is 0 Å². The molecule has 0 saturated heterocycles. The van der Waals surface area contributed by atoms with Crippen LogP contribution in [-0.2, 0) is 14.9 Å². The quantitative estimate of drug-likeness (QED) is 0.0367. The molecule has 0 rings (SSSR count). The highest BCUT2D eigenvalue weighted by molar-refractivity contribution is 7.85. The third-order valence-corrected chi connectivity index (χ3v) is 11.2. The van der Waals surface area contributed by atoms with Gasteiger partial charge in [-0.15, -0.1) is 0 Å². The van der Waals surface area contributed by atoms with Crippen molar-refractivity contribution in [3.63, 3.8) is 0 Å². The second-order valence-electron chi connectivity index (χ2n) is 15.5. The van der Waals surface area contributed by atoms with Crippen LogP contribution in [0.1, 0.15) is 239 Å². The van der Waals surface area contributed by atoms with Gasteiger partial charge in [0, 0.05) is 0 Å². The Morgan fingerprint density at radius 2 is 0.720 bits per heavy atom. The number of unbranched alkanes of at least 4 members (excludes halogenated alkanes) is 31. The highest BCUT2D eigenvalue weighted by atomic mass is 32.2. The van der Waals surface area contributed by atoms with Crippen LogP contribution in [0.4, 0.5) is 0 Å². The number of aliphatic hydroxyl groups is 2. The molecule has 50 heavy (non-hydrogen) atoms. The van der Waals surface area contributed by atoms with Crippen molar-refractivity contribution in [2.24, 2.45) is 0 Å². The zero-order chi connectivity index (χ0) is 37.0. The van der Waals surface area contributed by atoms with Gasteiger partial charge in [-0.2, -0.15) is 8.42 Å². The number of carbonyl (C=O) groups is 1. The molecule has 1 amide bonds. The lowest BCUT2D eigenvalue weighted by atomic mass is 10.0. The summed E-state index contributed by atoms with van der Waals surface area (Å²) in [6.45, 7) is 4.51. The predicted octanol–water partition coefficient (Wildman–Crippen LogP) is 11.8. The van der Waals surface area contributed by atoms with Gasteiger partial charge in [-0.05, 0) is 12.8 Å². The van der Waals surface area contributed by atoms with Crippen molar-refractivity contribution < 1.29 is 28.0 Å². The standard InChI is InChI=1S/C42H85NO6S/c1-3-5-7-9-11-13-15-17-18-19-20-21-22-23-24-25-27-28-30-32-34-36-40(44)39(38-50(47,48)49)43-42(46)41(45)37-35-33-31-29-26-16-14-12-10-8-6-4-2/h39-41,44-45H,3-38H2,1-2H3,(H,43,46)(H,47,48,49). The minimum absolute atomic E-state index is 0.303. The Labute approximate surface area is 311 Å². The molecule has 0 saturated carbocycles. The molecule has 0 aliphatic carbocycles. The molecule has 0 aromatic carbocycles. The largest absolute Gasteiger partial charge is 0.391 e. The van der Waals surface area contributed by atoms with Crippen molar-refractivity contribution >= 4 is 16.0 Å². The molecule has 0 aliphatic rings. The molecule has 8 heteroatoms. The average molecular weight is 732 g/mol. The molecule has 0 aliphatic heterocycles. The summed E-state index contributed by atoms with van der Waals surface area (Å²) in [5.74, 6) is -1.44. The minimum Gasteiger partial charge on any atom is -0.391 e. The van der Waals surface area contributed by atoms with E-state index < -0.39 is 40.0 Å². The topological polar surface area (TPSA) is 124 Å². The number of nitrogens with one attached hydrogen (secondary N) is 1. The van der Waals surface area contributed by atoms with Crippen LogP contribution in [0.15, 0.2) is 0 Å². The van der Waals surface area contributed by atoms with Gasteiger partial charge in [0.15, 0.2) is 0 Å². The fourth-order valence-electron chi connectivity index (χ4n) is 7.05. The van der Waals surface area contributed by atoms with E-state index in [0.29, 0.717) is 12.8 Å². The highest BCUT2D eigenvalue weighted by Crippen LogP contribution is 2.17. The van der Waals surface area contributed by atoms with E-state index in [1.54, 1.807) is 0 Å². The molecule has 0 radical (unpaired) electrons. The van der Waals surface area contributed by atoms with Crippen LogP contribution >= 0.6 is 0 Å². The molecule has 3 unspecified atom stereocenters. The van der Waals surface area contributed by atoms with Crippen LogP contribution in [0.25, 0.3) is 0 Å². The fraction of sp³-hybridized carbons (Fsp3) is 0.976. The van der Waals surface area contributed by atoms with Crippen LogP contribution in [0.3, 0.4) is 0 Å². The number of aliphatic hydroxyl groups excluding tert-OH is 2. The van der Waals surface area contributed by atoms with Crippen LogP contribution < -0.4 is 5.32 Å². The lowest BCUT2D eigenvalue weighted by molar-refractivity contribution is -0.131. The van der Waals surface area contributed by atoms with Gasteiger partial charge in [-0.25, -0.2) is 0 Å². The van der Waals surface area contributed by atoms with Crippen LogP contribution in [0.2, 0.25) is 0 Å². The van der Waals surface area contributed by atoms with E-state index in [4.69, 9.17) is 0 Å². The van der Waals surface area contributed by atoms with Gasteiger partial charge < -0.3 is 15.5 Å². The van der Waals surface area contributed by atoms with Crippen LogP contribution in [-0.4, -0.2) is 53.1 Å². The summed E-state index contributed by atoms with van der Waals surface area (Å²) in [6, 6.07) is -1.14. The third-order valence-electron chi connectivity index (χ3n) is 10.4. The molecule has 0 aromatic rings. The Kier molecular flexibility index (Phi) is 36.1. The Bertz CT molecular complexity index is 823. The van der Waals surface area contributed by atoms with Crippen molar-refractivity contribution in [3.8, 4) is 0 Å². The normalized spacial score (nSPS) is 13.8. The first-order valence-electron chi connectivity index (χ1n) is 21.8. The predicted molar refractivity (Wildman–Crippen MR) is 213 cm³/mol. The van der Waals surface area contributed by atoms with E-state index in [2.05, 4.69) is 19.2 Å². The van der Waals surface area contributed by atoms with Crippen LogP contribution in [0.5, 0.6) is 0 Å². The smallest absolute Gasteiger partial charge is 0.266 e. The Hall–Kier alpha value is -0.700. The second-order valence-corrected chi connectivity index (χ2v) is 17.0. The van der Waals surface area contributed by atoms with Gasteiger partial charge >= 0.3 is 0 Å². The van der Waals surface area contributed by atoms with E-state index >= 15 is 0 Å². The molecule has 0 bridgehead atoms. The molecule has 300 valence electrons. The first kappa shape index (κ1) is 49.3. The molecular formula is C42H85NO6S. The maximum atomic E-state index is 12.6. The highest BCUT2D eigenvalue weighted by Gasteiger charge is 2.28. The molecule has 0 spiro atoms. The fourth-order valence-corrected chi connectivity index (χ4v) is 7.81. The number of hydrogen-bond acceptors (Lipinski definition) is 5. The van der Waals surface area contributed by atoms with E-state index in [-0.39, 0.29) is 0 Å². The lowest BCUT2D eigenvalue weighted by Crippen LogP contribution is -2.50. The van der Waals surface area contributed by atoms with E-state index in [1.807, 2.05) is 0 Å². The first-order chi connectivity index (χ1) is 24.2. The zero-order valence-electron chi connectivity index (χ0n) is 33.2. The van der Waals surface area contributed by atoms with Gasteiger partial charge in [-0.1, -0.05) is 226 Å². The van der Waals surface area contributed by atoms with Gasteiger partial charge in [0.25, 0.3) is 10.1 Å². The summed E-state index contributed by atoms with van der Waals surface area (Å²) in [5.41, 5.74) is 0. The van der Waals surface area contributed by atoms with Gasteiger partial charge in [0.1, 0.15) is 6.10 Å². The lowest BCUT2D eigenvalue weighted by Gasteiger charge is -2.24. The molecule has 3 atom stereocenters. The molecule has 0 aromatic heterocycles. The summed E-state index contributed by atoms with van der Waals surface area (Å²) in [7, 11) is -4.40. The number of rotatable bonds is 40. The summed E-state index contributed by atoms with van der Waals surface area (Å²) in [4.78, 5) is 12.6. The van der Waals surface area contributed by atoms with Crippen LogP contribution in [0, 0.1) is 0 Å². The Morgan fingerprint density at radius 3 is 1.00 bits per heavy atom. The summed E-state index contributed by atoms with van der Waals surface area (Å²) >= 11 is 0. The van der Waals surface area contributed by atoms with Crippen molar-refractivity contribution in [2.75, 3.05) is 5.75 Å². The van der Waals surface area contributed by atoms with Gasteiger partial charge in [0.05, 0.1) is 17.9 Å². The monoisotopic (exact) mass is 732 g/mol. The molecule has 0 fully saturated rings. The van der Waals surface area contributed by atoms with Crippen molar-refractivity contribution in [3.05, 3.63) is 0 Å². The zero-order valence-corrected chi connectivity index (χ0v) is 34.0.